The fraction of sp³-hybridized carbons (Fsp3) is 0.333. The molecule has 2 aromatic rings. The molecule has 1 unspecified atom stereocenters. The van der Waals surface area contributed by atoms with Crippen LogP contribution in [-0.4, -0.2) is 29.9 Å². The third-order valence-electron chi connectivity index (χ3n) is 2.65. The highest BCUT2D eigenvalue weighted by atomic mass is 32.2. The van der Waals surface area contributed by atoms with Crippen molar-refractivity contribution in [2.75, 3.05) is 11.9 Å². The molecule has 0 bridgehead atoms. The van der Waals surface area contributed by atoms with Crippen LogP contribution in [0.2, 0.25) is 0 Å². The standard InChI is InChI=1S/C12H17N5O2S/c1-3-13-10-5-4-6-16-12(10)20(18,19)17-9(2)11-14-7-8-15-11/h4-9,13,17H,3H2,1-2H3,(H,14,15). The number of nitrogens with zero attached hydrogens (tertiary/aromatic N) is 2. The molecule has 2 rings (SSSR count). The number of imidazole rings is 1. The molecule has 1 atom stereocenters. The maximum absolute atomic E-state index is 12.4. The molecule has 0 aliphatic carbocycles. The van der Waals surface area contributed by atoms with Crippen LogP contribution >= 0.6 is 0 Å². The predicted octanol–water partition coefficient (Wildman–Crippen LogP) is 1.28. The van der Waals surface area contributed by atoms with Crippen molar-refractivity contribution in [2.45, 2.75) is 24.9 Å². The van der Waals surface area contributed by atoms with Gasteiger partial charge in [-0.1, -0.05) is 0 Å². The van der Waals surface area contributed by atoms with Gasteiger partial charge < -0.3 is 10.3 Å². The molecule has 0 spiro atoms. The molecule has 0 radical (unpaired) electrons. The molecule has 8 heteroatoms. The second-order valence-electron chi connectivity index (χ2n) is 4.20. The topological polar surface area (TPSA) is 99.8 Å². The minimum Gasteiger partial charge on any atom is -0.383 e. The Morgan fingerprint density at radius 3 is 2.80 bits per heavy atom. The van der Waals surface area contributed by atoms with E-state index in [0.717, 1.165) is 0 Å². The van der Waals surface area contributed by atoms with Gasteiger partial charge in [-0.3, -0.25) is 0 Å². The van der Waals surface area contributed by atoms with E-state index in [0.29, 0.717) is 18.1 Å². The first-order chi connectivity index (χ1) is 9.54. The average Bonchev–Trinajstić information content (AvgIpc) is 2.93. The van der Waals surface area contributed by atoms with E-state index < -0.39 is 16.1 Å². The van der Waals surface area contributed by atoms with Crippen LogP contribution in [0.1, 0.15) is 25.7 Å². The molecule has 3 N–H and O–H groups in total. The lowest BCUT2D eigenvalue weighted by Crippen LogP contribution is -2.29. The van der Waals surface area contributed by atoms with Gasteiger partial charge in [0.1, 0.15) is 5.82 Å². The van der Waals surface area contributed by atoms with Gasteiger partial charge in [-0.05, 0) is 26.0 Å². The van der Waals surface area contributed by atoms with Gasteiger partial charge in [-0.15, -0.1) is 0 Å². The second kappa shape index (κ2) is 6.02. The number of rotatable bonds is 6. The van der Waals surface area contributed by atoms with Crippen molar-refractivity contribution in [1.29, 1.82) is 0 Å². The molecule has 7 nitrogen and oxygen atoms in total. The van der Waals surface area contributed by atoms with Crippen LogP contribution in [0, 0.1) is 0 Å². The number of pyridine rings is 1. The number of hydrogen-bond acceptors (Lipinski definition) is 5. The largest absolute Gasteiger partial charge is 0.383 e. The molecule has 0 aliphatic heterocycles. The van der Waals surface area contributed by atoms with E-state index in [1.165, 1.54) is 6.20 Å². The van der Waals surface area contributed by atoms with Gasteiger partial charge in [-0.2, -0.15) is 4.72 Å². The minimum absolute atomic E-state index is 0.0137. The first-order valence-corrected chi connectivity index (χ1v) is 7.73. The van der Waals surface area contributed by atoms with Crippen molar-refractivity contribution in [3.05, 3.63) is 36.5 Å². The highest BCUT2D eigenvalue weighted by Gasteiger charge is 2.23. The van der Waals surface area contributed by atoms with E-state index >= 15 is 0 Å². The average molecular weight is 295 g/mol. The highest BCUT2D eigenvalue weighted by molar-refractivity contribution is 7.89. The number of anilines is 1. The number of H-pyrrole nitrogens is 1. The molecular weight excluding hydrogens is 278 g/mol. The smallest absolute Gasteiger partial charge is 0.260 e. The summed E-state index contributed by atoms with van der Waals surface area (Å²) in [5, 5.41) is 2.97. The third kappa shape index (κ3) is 3.14. The molecule has 0 saturated carbocycles. The van der Waals surface area contributed by atoms with Gasteiger partial charge in [0, 0.05) is 25.1 Å². The zero-order valence-electron chi connectivity index (χ0n) is 11.3. The summed E-state index contributed by atoms with van der Waals surface area (Å²) >= 11 is 0. The van der Waals surface area contributed by atoms with E-state index in [1.807, 2.05) is 6.92 Å². The van der Waals surface area contributed by atoms with Gasteiger partial charge >= 0.3 is 0 Å². The zero-order valence-corrected chi connectivity index (χ0v) is 12.1. The summed E-state index contributed by atoms with van der Waals surface area (Å²) in [5.41, 5.74) is 0.481. The molecule has 2 aromatic heterocycles. The number of aromatic nitrogens is 3. The van der Waals surface area contributed by atoms with Crippen LogP contribution in [0.3, 0.4) is 0 Å². The lowest BCUT2D eigenvalue weighted by atomic mass is 10.3. The summed E-state index contributed by atoms with van der Waals surface area (Å²) in [4.78, 5) is 10.9. The molecule has 2 heterocycles. The van der Waals surface area contributed by atoms with Crippen molar-refractivity contribution in [1.82, 2.24) is 19.7 Å². The van der Waals surface area contributed by atoms with E-state index in [9.17, 15) is 8.42 Å². The van der Waals surface area contributed by atoms with Gasteiger partial charge in [0.2, 0.25) is 0 Å². The van der Waals surface area contributed by atoms with E-state index in [2.05, 4.69) is 25.0 Å². The Balaban J connectivity index is 2.27. The number of aromatic amines is 1. The van der Waals surface area contributed by atoms with E-state index in [-0.39, 0.29) is 5.03 Å². The fourth-order valence-corrected chi connectivity index (χ4v) is 3.11. The lowest BCUT2D eigenvalue weighted by Gasteiger charge is -2.14. The second-order valence-corrected chi connectivity index (χ2v) is 5.83. The maximum Gasteiger partial charge on any atom is 0.260 e. The van der Waals surface area contributed by atoms with Gasteiger partial charge in [0.15, 0.2) is 5.03 Å². The monoisotopic (exact) mass is 295 g/mol. The minimum atomic E-state index is -3.72. The van der Waals surface area contributed by atoms with Crippen LogP contribution in [0.25, 0.3) is 0 Å². The summed E-state index contributed by atoms with van der Waals surface area (Å²) in [5.74, 6) is 0.550. The van der Waals surface area contributed by atoms with Gasteiger partial charge in [0.25, 0.3) is 10.0 Å². The predicted molar refractivity (Wildman–Crippen MR) is 75.7 cm³/mol. The third-order valence-corrected chi connectivity index (χ3v) is 4.15. The Labute approximate surface area is 117 Å². The Bertz CT molecular complexity index is 654. The van der Waals surface area contributed by atoms with E-state index in [1.54, 1.807) is 31.5 Å². The maximum atomic E-state index is 12.4. The normalized spacial score (nSPS) is 13.1. The number of sulfonamides is 1. The first kappa shape index (κ1) is 14.5. The van der Waals surface area contributed by atoms with Gasteiger partial charge in [-0.25, -0.2) is 18.4 Å². The van der Waals surface area contributed by atoms with Crippen LogP contribution in [-0.2, 0) is 10.0 Å². The molecular formula is C12H17N5O2S. The van der Waals surface area contributed by atoms with Crippen molar-refractivity contribution in [3.8, 4) is 0 Å². The van der Waals surface area contributed by atoms with Crippen molar-refractivity contribution >= 4 is 15.7 Å². The zero-order chi connectivity index (χ0) is 14.6. The summed E-state index contributed by atoms with van der Waals surface area (Å²) in [6.07, 6.45) is 4.67. The van der Waals surface area contributed by atoms with E-state index in [4.69, 9.17) is 0 Å². The molecule has 0 saturated heterocycles. The highest BCUT2D eigenvalue weighted by Crippen LogP contribution is 2.19. The quantitative estimate of drug-likeness (QED) is 0.745. The summed E-state index contributed by atoms with van der Waals surface area (Å²) < 4.78 is 27.3. The van der Waals surface area contributed by atoms with Crippen LogP contribution in [0.4, 0.5) is 5.69 Å². The van der Waals surface area contributed by atoms with Crippen LogP contribution in [0.5, 0.6) is 0 Å². The summed E-state index contributed by atoms with van der Waals surface area (Å²) in [6, 6.07) is 2.90. The summed E-state index contributed by atoms with van der Waals surface area (Å²) in [6.45, 7) is 4.22. The van der Waals surface area contributed by atoms with Crippen molar-refractivity contribution < 1.29 is 8.42 Å². The Morgan fingerprint density at radius 1 is 1.35 bits per heavy atom. The first-order valence-electron chi connectivity index (χ1n) is 6.25. The molecule has 0 aromatic carbocycles. The molecule has 20 heavy (non-hydrogen) atoms. The summed E-state index contributed by atoms with van der Waals surface area (Å²) in [7, 11) is -3.72. The van der Waals surface area contributed by atoms with Crippen molar-refractivity contribution in [2.24, 2.45) is 0 Å². The Morgan fingerprint density at radius 2 is 2.15 bits per heavy atom. The Hall–Kier alpha value is -1.93. The van der Waals surface area contributed by atoms with Gasteiger partial charge in [0.05, 0.1) is 11.7 Å². The molecule has 0 amide bonds. The molecule has 0 aliphatic rings. The fourth-order valence-electron chi connectivity index (χ4n) is 1.79. The van der Waals surface area contributed by atoms with Crippen LogP contribution < -0.4 is 10.0 Å². The SMILES string of the molecule is CCNc1cccnc1S(=O)(=O)NC(C)c1ncc[nH]1. The molecule has 0 fully saturated rings. The molecule has 108 valence electrons. The lowest BCUT2D eigenvalue weighted by molar-refractivity contribution is 0.558. The number of hydrogen-bond donors (Lipinski definition) is 3. The van der Waals surface area contributed by atoms with Crippen molar-refractivity contribution in [3.63, 3.8) is 0 Å². The number of nitrogens with one attached hydrogen (secondary N) is 3. The van der Waals surface area contributed by atoms with Crippen LogP contribution in [0.15, 0.2) is 35.7 Å². The Kier molecular flexibility index (Phi) is 4.35.